The third-order valence-corrected chi connectivity index (χ3v) is 3.46. The smallest absolute Gasteiger partial charge is 0.192 e. The topological polar surface area (TPSA) is 36.4 Å². The van der Waals surface area contributed by atoms with E-state index >= 15 is 0 Å². The first-order valence-corrected chi connectivity index (χ1v) is 7.59. The van der Waals surface area contributed by atoms with Crippen LogP contribution in [0.4, 0.5) is 4.39 Å². The van der Waals surface area contributed by atoms with Gasteiger partial charge in [0.15, 0.2) is 5.96 Å². The Morgan fingerprint density at radius 2 is 2.05 bits per heavy atom. The van der Waals surface area contributed by atoms with Crippen LogP contribution in [0, 0.1) is 18.2 Å². The van der Waals surface area contributed by atoms with Crippen LogP contribution in [0.5, 0.6) is 0 Å². The molecular weight excluding hydrogens is 400 g/mol. The van der Waals surface area contributed by atoms with Crippen molar-refractivity contribution in [2.75, 3.05) is 25.4 Å². The SMILES string of the molecule is C#CCNC(=NCCCSc1ccc(F)cc1)NCC.I. The highest BCUT2D eigenvalue weighted by atomic mass is 127. The van der Waals surface area contributed by atoms with E-state index in [1.807, 2.05) is 6.92 Å². The summed E-state index contributed by atoms with van der Waals surface area (Å²) in [6, 6.07) is 6.55. The molecule has 0 atom stereocenters. The molecule has 0 aromatic heterocycles. The second-order valence-electron chi connectivity index (χ2n) is 3.97. The van der Waals surface area contributed by atoms with Gasteiger partial charge in [-0.05, 0) is 43.4 Å². The van der Waals surface area contributed by atoms with E-state index in [0.29, 0.717) is 6.54 Å². The summed E-state index contributed by atoms with van der Waals surface area (Å²) >= 11 is 1.70. The molecule has 0 aliphatic rings. The standard InChI is InChI=1S/C15H20FN3S.HI/c1-3-10-18-15(17-4-2)19-11-5-12-20-14-8-6-13(16)7-9-14;/h1,6-9H,4-5,10-12H2,2H3,(H2,17,18,19);1H. The molecule has 0 amide bonds. The number of hydrogen-bond donors (Lipinski definition) is 2. The van der Waals surface area contributed by atoms with Crippen LogP contribution in [-0.4, -0.2) is 31.3 Å². The normalized spacial score (nSPS) is 10.4. The number of terminal acetylenes is 1. The Bertz CT molecular complexity index is 457. The Hall–Kier alpha value is -0.940. The maximum absolute atomic E-state index is 12.7. The quantitative estimate of drug-likeness (QED) is 0.177. The lowest BCUT2D eigenvalue weighted by molar-refractivity contribution is 0.626. The monoisotopic (exact) mass is 421 g/mol. The summed E-state index contributed by atoms with van der Waals surface area (Å²) in [5.74, 6) is 4.01. The maximum atomic E-state index is 12.7. The minimum atomic E-state index is -0.200. The highest BCUT2D eigenvalue weighted by molar-refractivity contribution is 14.0. The fraction of sp³-hybridized carbons (Fsp3) is 0.400. The minimum Gasteiger partial charge on any atom is -0.357 e. The number of nitrogens with one attached hydrogen (secondary N) is 2. The van der Waals surface area contributed by atoms with Gasteiger partial charge in [0.05, 0.1) is 6.54 Å². The van der Waals surface area contributed by atoms with Crippen molar-refractivity contribution in [2.45, 2.75) is 18.2 Å². The largest absolute Gasteiger partial charge is 0.357 e. The van der Waals surface area contributed by atoms with Gasteiger partial charge in [0.25, 0.3) is 0 Å². The number of nitrogens with zero attached hydrogens (tertiary/aromatic N) is 1. The lowest BCUT2D eigenvalue weighted by atomic mass is 10.4. The van der Waals surface area contributed by atoms with Gasteiger partial charge in [-0.1, -0.05) is 5.92 Å². The molecule has 6 heteroatoms. The number of halogens is 2. The average Bonchev–Trinajstić information content (AvgIpc) is 2.46. The predicted molar refractivity (Wildman–Crippen MR) is 100.0 cm³/mol. The molecule has 0 saturated carbocycles. The molecule has 1 aromatic carbocycles. The number of hydrogen-bond acceptors (Lipinski definition) is 2. The third kappa shape index (κ3) is 9.58. The number of thioether (sulfide) groups is 1. The Balaban J connectivity index is 0.00000400. The molecule has 2 N–H and O–H groups in total. The van der Waals surface area contributed by atoms with E-state index in [2.05, 4.69) is 21.5 Å². The van der Waals surface area contributed by atoms with Gasteiger partial charge in [0.1, 0.15) is 5.82 Å². The first kappa shape index (κ1) is 20.1. The molecule has 1 aromatic rings. The summed E-state index contributed by atoms with van der Waals surface area (Å²) in [7, 11) is 0. The minimum absolute atomic E-state index is 0. The highest BCUT2D eigenvalue weighted by Crippen LogP contribution is 2.18. The van der Waals surface area contributed by atoms with Crippen LogP contribution in [0.3, 0.4) is 0 Å². The zero-order valence-corrected chi connectivity index (χ0v) is 15.2. The Morgan fingerprint density at radius 1 is 1.33 bits per heavy atom. The fourth-order valence-electron chi connectivity index (χ4n) is 1.45. The summed E-state index contributed by atoms with van der Waals surface area (Å²) in [5, 5.41) is 6.17. The van der Waals surface area contributed by atoms with Crippen molar-refractivity contribution in [2.24, 2.45) is 4.99 Å². The van der Waals surface area contributed by atoms with Gasteiger partial charge in [-0.25, -0.2) is 4.39 Å². The predicted octanol–water partition coefficient (Wildman–Crippen LogP) is 3.11. The highest BCUT2D eigenvalue weighted by Gasteiger charge is 1.96. The van der Waals surface area contributed by atoms with Crippen molar-refractivity contribution in [1.82, 2.24) is 10.6 Å². The van der Waals surface area contributed by atoms with Crippen molar-refractivity contribution < 1.29 is 4.39 Å². The molecular formula is C15H21FIN3S. The lowest BCUT2D eigenvalue weighted by Crippen LogP contribution is -2.37. The van der Waals surface area contributed by atoms with E-state index in [4.69, 9.17) is 6.42 Å². The zero-order valence-electron chi connectivity index (χ0n) is 12.1. The van der Waals surface area contributed by atoms with E-state index in [1.165, 1.54) is 12.1 Å². The summed E-state index contributed by atoms with van der Waals surface area (Å²) in [4.78, 5) is 5.50. The van der Waals surface area contributed by atoms with Crippen LogP contribution in [0.15, 0.2) is 34.2 Å². The van der Waals surface area contributed by atoms with E-state index < -0.39 is 0 Å². The lowest BCUT2D eigenvalue weighted by Gasteiger charge is -2.08. The van der Waals surface area contributed by atoms with Crippen molar-refractivity contribution in [3.8, 4) is 12.3 Å². The summed E-state index contributed by atoms with van der Waals surface area (Å²) < 4.78 is 12.7. The molecule has 0 fully saturated rings. The van der Waals surface area contributed by atoms with E-state index in [-0.39, 0.29) is 29.8 Å². The van der Waals surface area contributed by atoms with Gasteiger partial charge in [0, 0.05) is 18.0 Å². The zero-order chi connectivity index (χ0) is 14.6. The molecule has 0 radical (unpaired) electrons. The molecule has 0 aliphatic carbocycles. The van der Waals surface area contributed by atoms with Crippen LogP contribution < -0.4 is 10.6 Å². The summed E-state index contributed by atoms with van der Waals surface area (Å²) in [6.45, 7) is 4.02. The van der Waals surface area contributed by atoms with Gasteiger partial charge >= 0.3 is 0 Å². The van der Waals surface area contributed by atoms with E-state index in [9.17, 15) is 4.39 Å². The molecule has 0 bridgehead atoms. The molecule has 0 heterocycles. The average molecular weight is 421 g/mol. The molecule has 0 saturated heterocycles. The molecule has 0 unspecified atom stereocenters. The van der Waals surface area contributed by atoms with Crippen molar-refractivity contribution >= 4 is 41.7 Å². The molecule has 116 valence electrons. The Labute approximate surface area is 147 Å². The maximum Gasteiger partial charge on any atom is 0.192 e. The summed E-state index contributed by atoms with van der Waals surface area (Å²) in [6.07, 6.45) is 6.15. The van der Waals surface area contributed by atoms with Crippen LogP contribution in [0.2, 0.25) is 0 Å². The number of benzene rings is 1. The second-order valence-corrected chi connectivity index (χ2v) is 5.14. The van der Waals surface area contributed by atoms with Crippen LogP contribution in [0.25, 0.3) is 0 Å². The first-order chi connectivity index (χ1) is 9.76. The van der Waals surface area contributed by atoms with Crippen molar-refractivity contribution in [3.63, 3.8) is 0 Å². The third-order valence-electron chi connectivity index (χ3n) is 2.36. The van der Waals surface area contributed by atoms with E-state index in [1.54, 1.807) is 23.9 Å². The molecule has 0 spiro atoms. The number of rotatable bonds is 7. The van der Waals surface area contributed by atoms with Gasteiger partial charge in [-0.15, -0.1) is 42.2 Å². The van der Waals surface area contributed by atoms with Gasteiger partial charge in [0.2, 0.25) is 0 Å². The van der Waals surface area contributed by atoms with Crippen molar-refractivity contribution in [3.05, 3.63) is 30.1 Å². The van der Waals surface area contributed by atoms with Crippen LogP contribution in [-0.2, 0) is 0 Å². The molecule has 3 nitrogen and oxygen atoms in total. The first-order valence-electron chi connectivity index (χ1n) is 6.60. The summed E-state index contributed by atoms with van der Waals surface area (Å²) in [5.41, 5.74) is 0. The van der Waals surface area contributed by atoms with E-state index in [0.717, 1.165) is 36.1 Å². The van der Waals surface area contributed by atoms with Gasteiger partial charge in [-0.3, -0.25) is 4.99 Å². The van der Waals surface area contributed by atoms with Crippen LogP contribution in [0.1, 0.15) is 13.3 Å². The Morgan fingerprint density at radius 3 is 2.67 bits per heavy atom. The Kier molecular flexibility index (Phi) is 12.2. The molecule has 1 rings (SSSR count). The number of aliphatic imine (C=N–C) groups is 1. The second kappa shape index (κ2) is 12.8. The van der Waals surface area contributed by atoms with Gasteiger partial charge < -0.3 is 10.6 Å². The molecule has 21 heavy (non-hydrogen) atoms. The molecule has 0 aliphatic heterocycles. The fourth-order valence-corrected chi connectivity index (χ4v) is 2.29. The van der Waals surface area contributed by atoms with Crippen molar-refractivity contribution in [1.29, 1.82) is 0 Å². The number of guanidine groups is 1. The van der Waals surface area contributed by atoms with Gasteiger partial charge in [-0.2, -0.15) is 0 Å². The van der Waals surface area contributed by atoms with Crippen LogP contribution >= 0.6 is 35.7 Å².